The number of hydrogen-bond donors (Lipinski definition) is 1. The van der Waals surface area contributed by atoms with Gasteiger partial charge in [0.15, 0.2) is 5.76 Å². The molecule has 34 heavy (non-hydrogen) atoms. The fraction of sp³-hybridized carbons (Fsp3) is 0.276. The van der Waals surface area contributed by atoms with Crippen molar-refractivity contribution < 1.29 is 14.6 Å². The Morgan fingerprint density at radius 3 is 2.21 bits per heavy atom. The summed E-state index contributed by atoms with van der Waals surface area (Å²) in [5.41, 5.74) is 4.71. The van der Waals surface area contributed by atoms with Gasteiger partial charge >= 0.3 is 0 Å². The molecule has 5 heteroatoms. The Balaban J connectivity index is 1.28. The zero-order chi connectivity index (χ0) is 23.5. The number of aromatic hydroxyl groups is 1. The minimum Gasteiger partial charge on any atom is -0.507 e. The van der Waals surface area contributed by atoms with Crippen LogP contribution in [0.4, 0.5) is 0 Å². The van der Waals surface area contributed by atoms with Crippen LogP contribution in [0.25, 0.3) is 6.08 Å². The highest BCUT2D eigenvalue weighted by molar-refractivity contribution is 6.15. The van der Waals surface area contributed by atoms with Gasteiger partial charge in [0.1, 0.15) is 11.5 Å². The minimum absolute atomic E-state index is 0.136. The maximum absolute atomic E-state index is 13.0. The van der Waals surface area contributed by atoms with Crippen LogP contribution >= 0.6 is 0 Å². The third kappa shape index (κ3) is 4.76. The maximum atomic E-state index is 13.0. The van der Waals surface area contributed by atoms with E-state index in [1.807, 2.05) is 18.2 Å². The summed E-state index contributed by atoms with van der Waals surface area (Å²) in [5, 5.41) is 10.6. The van der Waals surface area contributed by atoms with Gasteiger partial charge in [0.25, 0.3) is 0 Å². The summed E-state index contributed by atoms with van der Waals surface area (Å²) in [5.74, 6) is 0.835. The first kappa shape index (κ1) is 22.4. The third-order valence-corrected chi connectivity index (χ3v) is 6.70. The van der Waals surface area contributed by atoms with Gasteiger partial charge in [0.2, 0.25) is 5.78 Å². The number of nitrogens with zero attached hydrogens (tertiary/aromatic N) is 2. The first-order valence-corrected chi connectivity index (χ1v) is 12.0. The SMILES string of the molecule is CCc1ccc(/C=C2\Oc3c(ccc(O)c3CN3CCN(Cc4ccccc4)CC3)C2=O)cc1. The van der Waals surface area contributed by atoms with E-state index in [4.69, 9.17) is 4.74 Å². The van der Waals surface area contributed by atoms with Gasteiger partial charge in [-0.05, 0) is 41.3 Å². The molecule has 0 amide bonds. The predicted octanol–water partition coefficient (Wildman–Crippen LogP) is 4.89. The highest BCUT2D eigenvalue weighted by Crippen LogP contribution is 2.40. The van der Waals surface area contributed by atoms with Crippen molar-refractivity contribution in [3.8, 4) is 11.5 Å². The van der Waals surface area contributed by atoms with Gasteiger partial charge in [-0.3, -0.25) is 14.6 Å². The van der Waals surface area contributed by atoms with Crippen molar-refractivity contribution in [1.82, 2.24) is 9.80 Å². The number of carbonyl (C=O) groups is 1. The van der Waals surface area contributed by atoms with Gasteiger partial charge in [-0.25, -0.2) is 0 Å². The Morgan fingerprint density at radius 2 is 1.53 bits per heavy atom. The Hall–Kier alpha value is -3.41. The molecule has 5 rings (SSSR count). The van der Waals surface area contributed by atoms with Gasteiger partial charge < -0.3 is 9.84 Å². The van der Waals surface area contributed by atoms with Gasteiger partial charge in [-0.1, -0.05) is 61.5 Å². The number of benzene rings is 3. The Labute approximate surface area is 200 Å². The molecule has 2 heterocycles. The van der Waals surface area contributed by atoms with Crippen molar-refractivity contribution in [2.45, 2.75) is 26.4 Å². The van der Waals surface area contributed by atoms with Crippen LogP contribution in [0, 0.1) is 0 Å². The van der Waals surface area contributed by atoms with Crippen LogP contribution in [0.5, 0.6) is 11.5 Å². The number of allylic oxidation sites excluding steroid dienone is 1. The molecule has 0 radical (unpaired) electrons. The molecular weight excluding hydrogens is 424 g/mol. The fourth-order valence-electron chi connectivity index (χ4n) is 4.62. The topological polar surface area (TPSA) is 53.0 Å². The number of aryl methyl sites for hydroxylation is 1. The van der Waals surface area contributed by atoms with Gasteiger partial charge in [-0.2, -0.15) is 0 Å². The summed E-state index contributed by atoms with van der Waals surface area (Å²) in [6.07, 6.45) is 2.76. The first-order valence-electron chi connectivity index (χ1n) is 12.0. The van der Waals surface area contributed by atoms with Crippen molar-refractivity contribution in [1.29, 1.82) is 0 Å². The van der Waals surface area contributed by atoms with Crippen molar-refractivity contribution in [2.24, 2.45) is 0 Å². The molecule has 0 atom stereocenters. The summed E-state index contributed by atoms with van der Waals surface area (Å²) < 4.78 is 6.05. The number of piperazine rings is 1. The Kier molecular flexibility index (Phi) is 6.48. The number of phenolic OH excluding ortho intramolecular Hbond substituents is 1. The lowest BCUT2D eigenvalue weighted by molar-refractivity contribution is 0.101. The standard InChI is InChI=1S/C29H30N2O3/c1-2-21-8-10-22(11-9-21)18-27-28(33)24-12-13-26(32)25(29(24)34-27)20-31-16-14-30(15-17-31)19-23-6-4-3-5-7-23/h3-13,18,32H,2,14-17,19-20H2,1H3/b27-18-. The molecule has 0 aromatic heterocycles. The molecule has 1 saturated heterocycles. The highest BCUT2D eigenvalue weighted by Gasteiger charge is 2.32. The zero-order valence-corrected chi connectivity index (χ0v) is 19.5. The molecule has 5 nitrogen and oxygen atoms in total. The molecule has 3 aromatic rings. The zero-order valence-electron chi connectivity index (χ0n) is 19.5. The highest BCUT2D eigenvalue weighted by atomic mass is 16.5. The molecular formula is C29H30N2O3. The number of hydrogen-bond acceptors (Lipinski definition) is 5. The van der Waals surface area contributed by atoms with Gasteiger partial charge in [0.05, 0.1) is 11.1 Å². The van der Waals surface area contributed by atoms with Crippen LogP contribution in [-0.4, -0.2) is 46.9 Å². The fourth-order valence-corrected chi connectivity index (χ4v) is 4.62. The number of phenols is 1. The lowest BCUT2D eigenvalue weighted by atomic mass is 10.0. The molecule has 3 aromatic carbocycles. The average molecular weight is 455 g/mol. The monoisotopic (exact) mass is 454 g/mol. The summed E-state index contributed by atoms with van der Waals surface area (Å²) in [6.45, 7) is 7.34. The summed E-state index contributed by atoms with van der Waals surface area (Å²) in [7, 11) is 0. The molecule has 0 spiro atoms. The van der Waals surface area contributed by atoms with Crippen LogP contribution in [0.3, 0.4) is 0 Å². The molecule has 1 N–H and O–H groups in total. The normalized spacial score (nSPS) is 17.7. The summed E-state index contributed by atoms with van der Waals surface area (Å²) >= 11 is 0. The average Bonchev–Trinajstić information content (AvgIpc) is 3.18. The van der Waals surface area contributed by atoms with Crippen LogP contribution < -0.4 is 4.74 Å². The Bertz CT molecular complexity index is 1190. The van der Waals surface area contributed by atoms with E-state index in [9.17, 15) is 9.90 Å². The van der Waals surface area contributed by atoms with Crippen molar-refractivity contribution in [3.05, 3.63) is 100 Å². The van der Waals surface area contributed by atoms with E-state index in [0.717, 1.165) is 44.7 Å². The van der Waals surface area contributed by atoms with Crippen LogP contribution in [0.1, 0.15) is 39.5 Å². The molecule has 0 saturated carbocycles. The number of ketones is 1. The van der Waals surface area contributed by atoms with E-state index < -0.39 is 0 Å². The van der Waals surface area contributed by atoms with Gasteiger partial charge in [0, 0.05) is 39.3 Å². The molecule has 2 aliphatic rings. The smallest absolute Gasteiger partial charge is 0.231 e. The second-order valence-corrected chi connectivity index (χ2v) is 9.01. The van der Waals surface area contributed by atoms with E-state index in [1.165, 1.54) is 11.1 Å². The number of Topliss-reactive ketones (excluding diaryl/α,β-unsaturated/α-hetero) is 1. The van der Waals surface area contributed by atoms with Crippen molar-refractivity contribution in [3.63, 3.8) is 0 Å². The quantitative estimate of drug-likeness (QED) is 0.538. The van der Waals surface area contributed by atoms with Crippen LogP contribution in [0.15, 0.2) is 72.5 Å². The summed E-state index contributed by atoms with van der Waals surface area (Å²) in [6, 6.07) is 21.9. The maximum Gasteiger partial charge on any atom is 0.231 e. The van der Waals surface area contributed by atoms with Gasteiger partial charge in [-0.15, -0.1) is 0 Å². The van der Waals surface area contributed by atoms with E-state index >= 15 is 0 Å². The van der Waals surface area contributed by atoms with Crippen molar-refractivity contribution >= 4 is 11.9 Å². The van der Waals surface area contributed by atoms with Crippen LogP contribution in [-0.2, 0) is 19.5 Å². The molecule has 0 aliphatic carbocycles. The summed E-state index contributed by atoms with van der Waals surface area (Å²) in [4.78, 5) is 17.8. The van der Waals surface area contributed by atoms with E-state index in [1.54, 1.807) is 18.2 Å². The molecule has 1 fully saturated rings. The third-order valence-electron chi connectivity index (χ3n) is 6.70. The van der Waals surface area contributed by atoms with Crippen molar-refractivity contribution in [2.75, 3.05) is 26.2 Å². The molecule has 0 unspecified atom stereocenters. The predicted molar refractivity (Wildman–Crippen MR) is 134 cm³/mol. The largest absolute Gasteiger partial charge is 0.507 e. The molecule has 2 aliphatic heterocycles. The van der Waals surface area contributed by atoms with E-state index in [0.29, 0.717) is 29.2 Å². The first-order chi connectivity index (χ1) is 16.6. The Morgan fingerprint density at radius 1 is 0.853 bits per heavy atom. The molecule has 0 bridgehead atoms. The lowest BCUT2D eigenvalue weighted by Gasteiger charge is -2.35. The second kappa shape index (κ2) is 9.84. The van der Waals surface area contributed by atoms with Crippen LogP contribution in [0.2, 0.25) is 0 Å². The van der Waals surface area contributed by atoms with E-state index in [-0.39, 0.29) is 11.5 Å². The van der Waals surface area contributed by atoms with E-state index in [2.05, 4.69) is 53.1 Å². The minimum atomic E-state index is -0.136. The number of rotatable bonds is 6. The second-order valence-electron chi connectivity index (χ2n) is 9.01. The molecule has 174 valence electrons. The number of fused-ring (bicyclic) bond motifs is 1. The number of ether oxygens (including phenoxy) is 1. The number of carbonyl (C=O) groups excluding carboxylic acids is 1. The lowest BCUT2D eigenvalue weighted by Crippen LogP contribution is -2.45.